The largest absolute Gasteiger partial charge is 0.382 e. The summed E-state index contributed by atoms with van der Waals surface area (Å²) in [5.41, 5.74) is 10.1. The number of fused-ring (bicyclic) bond motifs is 1. The number of nitrogens with one attached hydrogen (secondary N) is 2. The molecule has 5 aromatic rings. The highest BCUT2D eigenvalue weighted by molar-refractivity contribution is 6.04. The zero-order valence-electron chi connectivity index (χ0n) is 25.5. The molecule has 3 aliphatic rings. The first kappa shape index (κ1) is 28.4. The van der Waals surface area contributed by atoms with Crippen molar-refractivity contribution in [2.45, 2.75) is 50.6 Å². The maximum atomic E-state index is 13.9. The van der Waals surface area contributed by atoms with Gasteiger partial charge in [0.2, 0.25) is 0 Å². The number of nitrogens with zero attached hydrogens (tertiary/aromatic N) is 7. The molecule has 1 aromatic carbocycles. The van der Waals surface area contributed by atoms with E-state index >= 15 is 0 Å². The van der Waals surface area contributed by atoms with Gasteiger partial charge in [0.05, 0.1) is 23.8 Å². The third-order valence-electron chi connectivity index (χ3n) is 9.97. The van der Waals surface area contributed by atoms with Gasteiger partial charge in [0, 0.05) is 42.5 Å². The summed E-state index contributed by atoms with van der Waals surface area (Å²) >= 11 is 0. The van der Waals surface area contributed by atoms with Gasteiger partial charge in [-0.05, 0) is 81.3 Å². The summed E-state index contributed by atoms with van der Waals surface area (Å²) in [6.07, 6.45) is 15.1. The monoisotopic (exact) mass is 616 g/mol. The lowest BCUT2D eigenvalue weighted by Crippen LogP contribution is -2.46. The highest BCUT2D eigenvalue weighted by Gasteiger charge is 2.46. The standard InChI is InChI=1S/C34H36N10O2/c35-30-29-28(22-6-8-23(9-7-22)32(45)40-27-5-1-2-12-37-27)41-31(43(29)17-15-38-30)26-4-3-16-42(26)33(46)24-20-39-44(21-24)25-18-34(19-25)10-13-36-14-11-34/h1-2,5-9,12,15,17,20-21,25-26,36H,3-4,10-11,13-14,16,18-19H2,(H2,35,38)(H,37,40,45)/t26-/m0/s1. The van der Waals surface area contributed by atoms with Crippen molar-refractivity contribution in [2.24, 2.45) is 5.41 Å². The van der Waals surface area contributed by atoms with Crippen LogP contribution in [0.25, 0.3) is 16.8 Å². The molecule has 4 aromatic heterocycles. The molecule has 0 unspecified atom stereocenters. The molecule has 46 heavy (non-hydrogen) atoms. The molecule has 3 fully saturated rings. The summed E-state index contributed by atoms with van der Waals surface area (Å²) in [5.74, 6) is 1.27. The molecule has 1 saturated carbocycles. The topological polar surface area (TPSA) is 148 Å². The van der Waals surface area contributed by atoms with Crippen molar-refractivity contribution in [1.82, 2.24) is 39.3 Å². The van der Waals surface area contributed by atoms with E-state index in [2.05, 4.69) is 25.7 Å². The number of pyridine rings is 1. The number of hydrogen-bond acceptors (Lipinski definition) is 8. The van der Waals surface area contributed by atoms with Crippen LogP contribution in [0.3, 0.4) is 0 Å². The van der Waals surface area contributed by atoms with Crippen LogP contribution in [0.1, 0.15) is 77.1 Å². The second-order valence-electron chi connectivity index (χ2n) is 12.8. The van der Waals surface area contributed by atoms with Gasteiger partial charge in [-0.25, -0.2) is 15.0 Å². The predicted octanol–water partition coefficient (Wildman–Crippen LogP) is 4.50. The van der Waals surface area contributed by atoms with Crippen LogP contribution in [0.15, 0.2) is 73.4 Å². The minimum absolute atomic E-state index is 0.0340. The van der Waals surface area contributed by atoms with Crippen molar-refractivity contribution < 1.29 is 9.59 Å². The first-order valence-corrected chi connectivity index (χ1v) is 16.0. The SMILES string of the molecule is Nc1nccn2c([C@@H]3CCCN3C(=O)c3cnn(C4CC5(CCNCC5)C4)c3)nc(-c3ccc(C(=O)Nc4ccccn4)cc3)c12. The third-order valence-corrected chi connectivity index (χ3v) is 9.97. The van der Waals surface area contributed by atoms with E-state index in [1.54, 1.807) is 42.9 Å². The van der Waals surface area contributed by atoms with Gasteiger partial charge < -0.3 is 21.3 Å². The van der Waals surface area contributed by atoms with Crippen LogP contribution >= 0.6 is 0 Å². The number of amides is 2. The second-order valence-corrected chi connectivity index (χ2v) is 12.8. The van der Waals surface area contributed by atoms with Crippen LogP contribution in [0.4, 0.5) is 11.6 Å². The van der Waals surface area contributed by atoms with Gasteiger partial charge in [-0.15, -0.1) is 0 Å². The van der Waals surface area contributed by atoms with Gasteiger partial charge in [0.15, 0.2) is 0 Å². The highest BCUT2D eigenvalue weighted by atomic mass is 16.2. The molecule has 12 nitrogen and oxygen atoms in total. The molecule has 234 valence electrons. The van der Waals surface area contributed by atoms with E-state index in [1.807, 2.05) is 44.6 Å². The maximum Gasteiger partial charge on any atom is 0.257 e. The van der Waals surface area contributed by atoms with Crippen LogP contribution in [0.5, 0.6) is 0 Å². The van der Waals surface area contributed by atoms with Crippen molar-refractivity contribution in [3.8, 4) is 11.3 Å². The number of nitrogen functional groups attached to an aromatic ring is 1. The van der Waals surface area contributed by atoms with Crippen LogP contribution in [0, 0.1) is 5.41 Å². The molecule has 1 atom stereocenters. The van der Waals surface area contributed by atoms with E-state index in [-0.39, 0.29) is 17.9 Å². The van der Waals surface area contributed by atoms with Gasteiger partial charge in [-0.2, -0.15) is 5.10 Å². The number of hydrogen-bond donors (Lipinski definition) is 3. The molecular formula is C34H36N10O2. The van der Waals surface area contributed by atoms with E-state index in [0.29, 0.717) is 52.0 Å². The van der Waals surface area contributed by atoms with Crippen molar-refractivity contribution in [1.29, 1.82) is 0 Å². The minimum Gasteiger partial charge on any atom is -0.382 e. The second kappa shape index (κ2) is 11.4. The Morgan fingerprint density at radius 1 is 1.00 bits per heavy atom. The zero-order valence-corrected chi connectivity index (χ0v) is 25.5. The number of likely N-dealkylation sites (tertiary alicyclic amines) is 1. The number of imidazole rings is 1. The van der Waals surface area contributed by atoms with Gasteiger partial charge in [-0.1, -0.05) is 18.2 Å². The number of carbonyl (C=O) groups excluding carboxylic acids is 2. The van der Waals surface area contributed by atoms with Crippen LogP contribution in [-0.2, 0) is 0 Å². The van der Waals surface area contributed by atoms with Gasteiger partial charge >= 0.3 is 0 Å². The quantitative estimate of drug-likeness (QED) is 0.253. The Kier molecular flexibility index (Phi) is 7.01. The van der Waals surface area contributed by atoms with Crippen molar-refractivity contribution in [3.05, 3.63) is 90.4 Å². The Balaban J connectivity index is 1.04. The highest BCUT2D eigenvalue weighted by Crippen LogP contribution is 2.53. The van der Waals surface area contributed by atoms with Crippen LogP contribution < -0.4 is 16.4 Å². The smallest absolute Gasteiger partial charge is 0.257 e. The average molecular weight is 617 g/mol. The predicted molar refractivity (Wildman–Crippen MR) is 173 cm³/mol. The molecular weight excluding hydrogens is 580 g/mol. The summed E-state index contributed by atoms with van der Waals surface area (Å²) in [6, 6.07) is 12.7. The van der Waals surface area contributed by atoms with E-state index < -0.39 is 0 Å². The maximum absolute atomic E-state index is 13.9. The number of rotatable bonds is 6. The third kappa shape index (κ3) is 4.98. The van der Waals surface area contributed by atoms with Crippen LogP contribution in [0.2, 0.25) is 0 Å². The first-order chi connectivity index (χ1) is 22.5. The Hall–Kier alpha value is -5.10. The van der Waals surface area contributed by atoms with Crippen molar-refractivity contribution >= 4 is 29.0 Å². The lowest BCUT2D eigenvalue weighted by molar-refractivity contribution is 0.0230. The minimum atomic E-state index is -0.256. The molecule has 0 bridgehead atoms. The van der Waals surface area contributed by atoms with Crippen molar-refractivity contribution in [3.63, 3.8) is 0 Å². The number of benzene rings is 1. The Morgan fingerprint density at radius 3 is 2.61 bits per heavy atom. The fourth-order valence-electron chi connectivity index (χ4n) is 7.51. The first-order valence-electron chi connectivity index (χ1n) is 16.0. The number of anilines is 2. The summed E-state index contributed by atoms with van der Waals surface area (Å²) in [6.45, 7) is 2.82. The van der Waals surface area contributed by atoms with Crippen molar-refractivity contribution in [2.75, 3.05) is 30.7 Å². The molecule has 12 heteroatoms. The summed E-state index contributed by atoms with van der Waals surface area (Å²) in [4.78, 5) is 42.2. The number of carbonyl (C=O) groups is 2. The molecule has 8 rings (SSSR count). The Bertz CT molecular complexity index is 1900. The lowest BCUT2D eigenvalue weighted by Gasteiger charge is -2.50. The van der Waals surface area contributed by atoms with Gasteiger partial charge in [0.25, 0.3) is 11.8 Å². The molecule has 2 aliphatic heterocycles. The normalized spacial score (nSPS) is 19.4. The fraction of sp³-hybridized carbons (Fsp3) is 0.353. The molecule has 6 heterocycles. The Morgan fingerprint density at radius 2 is 1.83 bits per heavy atom. The van der Waals surface area contributed by atoms with Gasteiger partial charge in [0.1, 0.15) is 28.7 Å². The molecule has 2 saturated heterocycles. The average Bonchev–Trinajstić information content (AvgIpc) is 3.84. The number of aromatic nitrogens is 6. The lowest BCUT2D eigenvalue weighted by atomic mass is 9.60. The van der Waals surface area contributed by atoms with E-state index in [0.717, 1.165) is 50.2 Å². The summed E-state index contributed by atoms with van der Waals surface area (Å²) < 4.78 is 3.95. The van der Waals surface area contributed by atoms with Gasteiger partial charge in [-0.3, -0.25) is 18.7 Å². The molecule has 1 aliphatic carbocycles. The fourth-order valence-corrected chi connectivity index (χ4v) is 7.51. The number of nitrogens with two attached hydrogens (primary N) is 1. The molecule has 0 radical (unpaired) electrons. The number of piperidine rings is 1. The summed E-state index contributed by atoms with van der Waals surface area (Å²) in [5, 5.41) is 10.9. The van der Waals surface area contributed by atoms with E-state index in [1.165, 1.54) is 12.8 Å². The molecule has 4 N–H and O–H groups in total. The van der Waals surface area contributed by atoms with Crippen LogP contribution in [-0.4, -0.2) is 65.5 Å². The molecule has 1 spiro atoms. The summed E-state index contributed by atoms with van der Waals surface area (Å²) in [7, 11) is 0. The van der Waals surface area contributed by atoms with E-state index in [9.17, 15) is 9.59 Å². The van der Waals surface area contributed by atoms with E-state index in [4.69, 9.17) is 10.7 Å². The zero-order chi connectivity index (χ0) is 31.3. The molecule has 2 amide bonds. The Labute approximate surface area is 266 Å².